The standard InChI is InChI=1S/C16H24N2O4S/c1-22-14-5-3-4-13(12-14)6-9-18-15(19)16(23(2,20)21)7-10-17-11-8-16/h3-5,12,17H,6-11H2,1-2H3,(H,18,19). The number of nitrogens with one attached hydrogen (secondary N) is 2. The Labute approximate surface area is 137 Å². The van der Waals surface area contributed by atoms with E-state index in [4.69, 9.17) is 4.74 Å². The molecule has 1 aliphatic rings. The van der Waals surface area contributed by atoms with Crippen molar-refractivity contribution >= 4 is 15.7 Å². The zero-order chi connectivity index (χ0) is 16.9. The van der Waals surface area contributed by atoms with E-state index in [1.54, 1.807) is 7.11 Å². The molecule has 2 rings (SSSR count). The van der Waals surface area contributed by atoms with Crippen LogP contribution < -0.4 is 15.4 Å². The molecule has 1 aliphatic heterocycles. The predicted molar refractivity (Wildman–Crippen MR) is 89.4 cm³/mol. The van der Waals surface area contributed by atoms with Crippen LogP contribution in [0.25, 0.3) is 0 Å². The highest BCUT2D eigenvalue weighted by atomic mass is 32.2. The topological polar surface area (TPSA) is 84.5 Å². The minimum Gasteiger partial charge on any atom is -0.497 e. The van der Waals surface area contributed by atoms with Crippen molar-refractivity contribution in [3.63, 3.8) is 0 Å². The summed E-state index contributed by atoms with van der Waals surface area (Å²) in [6, 6.07) is 7.60. The molecule has 0 radical (unpaired) electrons. The highest BCUT2D eigenvalue weighted by Gasteiger charge is 2.48. The third-order valence-electron chi connectivity index (χ3n) is 4.37. The van der Waals surface area contributed by atoms with Crippen molar-refractivity contribution in [3.05, 3.63) is 29.8 Å². The first-order chi connectivity index (χ1) is 10.9. The van der Waals surface area contributed by atoms with Crippen LogP contribution in [0.5, 0.6) is 5.75 Å². The van der Waals surface area contributed by atoms with Crippen molar-refractivity contribution in [2.75, 3.05) is 33.0 Å². The smallest absolute Gasteiger partial charge is 0.241 e. The lowest BCUT2D eigenvalue weighted by atomic mass is 9.95. The first kappa shape index (κ1) is 17.7. The Hall–Kier alpha value is -1.60. The normalized spacial score (nSPS) is 17.5. The Morgan fingerprint density at radius 2 is 2.04 bits per heavy atom. The summed E-state index contributed by atoms with van der Waals surface area (Å²) >= 11 is 0. The minimum atomic E-state index is -3.46. The summed E-state index contributed by atoms with van der Waals surface area (Å²) in [6.07, 6.45) is 2.41. The van der Waals surface area contributed by atoms with Gasteiger partial charge in [-0.1, -0.05) is 12.1 Å². The maximum absolute atomic E-state index is 12.5. The van der Waals surface area contributed by atoms with E-state index in [9.17, 15) is 13.2 Å². The predicted octanol–water partition coefficient (Wildman–Crippen LogP) is 0.521. The third kappa shape index (κ3) is 4.03. The van der Waals surface area contributed by atoms with Crippen LogP contribution in [0.15, 0.2) is 24.3 Å². The van der Waals surface area contributed by atoms with Crippen LogP contribution in [0.2, 0.25) is 0 Å². The zero-order valence-electron chi connectivity index (χ0n) is 13.6. The Morgan fingerprint density at radius 1 is 1.35 bits per heavy atom. The molecule has 2 N–H and O–H groups in total. The highest BCUT2D eigenvalue weighted by molar-refractivity contribution is 7.92. The van der Waals surface area contributed by atoms with Crippen molar-refractivity contribution in [2.45, 2.75) is 24.0 Å². The summed E-state index contributed by atoms with van der Waals surface area (Å²) in [5, 5.41) is 5.90. The van der Waals surface area contributed by atoms with Crippen LogP contribution in [0.1, 0.15) is 18.4 Å². The molecule has 0 atom stereocenters. The molecule has 0 bridgehead atoms. The molecule has 1 fully saturated rings. The third-order valence-corrected chi connectivity index (χ3v) is 6.38. The Balaban J connectivity index is 1.99. The lowest BCUT2D eigenvalue weighted by molar-refractivity contribution is -0.124. The number of carbonyl (C=O) groups excluding carboxylic acids is 1. The number of rotatable bonds is 6. The molecule has 1 heterocycles. The summed E-state index contributed by atoms with van der Waals surface area (Å²) in [5.41, 5.74) is 1.03. The fourth-order valence-electron chi connectivity index (χ4n) is 2.91. The molecule has 0 saturated carbocycles. The van der Waals surface area contributed by atoms with Crippen LogP contribution in [-0.2, 0) is 21.1 Å². The number of sulfone groups is 1. The SMILES string of the molecule is COc1cccc(CCNC(=O)C2(S(C)(=O)=O)CCNCC2)c1. The van der Waals surface area contributed by atoms with E-state index in [1.165, 1.54) is 0 Å². The number of ether oxygens (including phenoxy) is 1. The molecule has 0 unspecified atom stereocenters. The van der Waals surface area contributed by atoms with Crippen LogP contribution in [0.3, 0.4) is 0 Å². The molecule has 1 amide bonds. The number of hydrogen-bond acceptors (Lipinski definition) is 5. The second-order valence-corrected chi connectivity index (χ2v) is 8.20. The summed E-state index contributed by atoms with van der Waals surface area (Å²) in [4.78, 5) is 12.5. The first-order valence-electron chi connectivity index (χ1n) is 7.70. The van der Waals surface area contributed by atoms with Gasteiger partial charge in [-0.05, 0) is 50.0 Å². The number of piperidine rings is 1. The fourth-order valence-corrected chi connectivity index (χ4v) is 4.26. The van der Waals surface area contributed by atoms with Gasteiger partial charge in [0.05, 0.1) is 7.11 Å². The molecule has 1 aromatic rings. The molecule has 128 valence electrons. The molecule has 23 heavy (non-hydrogen) atoms. The molecule has 1 saturated heterocycles. The highest BCUT2D eigenvalue weighted by Crippen LogP contribution is 2.28. The van der Waals surface area contributed by atoms with Gasteiger partial charge in [-0.15, -0.1) is 0 Å². The molecule has 1 aromatic carbocycles. The van der Waals surface area contributed by atoms with Gasteiger partial charge in [0.1, 0.15) is 5.75 Å². The van der Waals surface area contributed by atoms with Gasteiger partial charge in [0, 0.05) is 12.8 Å². The van der Waals surface area contributed by atoms with E-state index in [0.29, 0.717) is 38.9 Å². The Kier molecular flexibility index (Phi) is 5.64. The molecule has 0 spiro atoms. The van der Waals surface area contributed by atoms with E-state index in [1.807, 2.05) is 24.3 Å². The summed E-state index contributed by atoms with van der Waals surface area (Å²) in [5.74, 6) is 0.379. The van der Waals surface area contributed by atoms with E-state index in [0.717, 1.165) is 17.6 Å². The lowest BCUT2D eigenvalue weighted by Crippen LogP contribution is -2.57. The maximum Gasteiger partial charge on any atom is 0.241 e. The van der Waals surface area contributed by atoms with Crippen LogP contribution in [0.4, 0.5) is 0 Å². The van der Waals surface area contributed by atoms with Gasteiger partial charge in [0.15, 0.2) is 14.6 Å². The quantitative estimate of drug-likeness (QED) is 0.789. The van der Waals surface area contributed by atoms with E-state index in [2.05, 4.69) is 10.6 Å². The number of amides is 1. The van der Waals surface area contributed by atoms with Crippen LogP contribution in [-0.4, -0.2) is 52.1 Å². The molecule has 0 aromatic heterocycles. The summed E-state index contributed by atoms with van der Waals surface area (Å²) < 4.78 is 28.2. The summed E-state index contributed by atoms with van der Waals surface area (Å²) in [6.45, 7) is 1.48. The molecule has 0 aliphatic carbocycles. The van der Waals surface area contributed by atoms with Crippen LogP contribution in [0, 0.1) is 0 Å². The minimum absolute atomic E-state index is 0.316. The number of hydrogen-bond donors (Lipinski definition) is 2. The van der Waals surface area contributed by atoms with Gasteiger partial charge in [-0.3, -0.25) is 4.79 Å². The van der Waals surface area contributed by atoms with Gasteiger partial charge in [0.2, 0.25) is 5.91 Å². The van der Waals surface area contributed by atoms with Gasteiger partial charge < -0.3 is 15.4 Å². The van der Waals surface area contributed by atoms with Crippen LogP contribution >= 0.6 is 0 Å². The van der Waals surface area contributed by atoms with E-state index >= 15 is 0 Å². The van der Waals surface area contributed by atoms with E-state index < -0.39 is 14.6 Å². The largest absolute Gasteiger partial charge is 0.497 e. The van der Waals surface area contributed by atoms with Crippen molar-refractivity contribution < 1.29 is 17.9 Å². The monoisotopic (exact) mass is 340 g/mol. The second-order valence-electron chi connectivity index (χ2n) is 5.87. The molecular formula is C16H24N2O4S. The average molecular weight is 340 g/mol. The van der Waals surface area contributed by atoms with Crippen molar-refractivity contribution in [3.8, 4) is 5.75 Å². The Morgan fingerprint density at radius 3 is 2.65 bits per heavy atom. The van der Waals surface area contributed by atoms with Gasteiger partial charge >= 0.3 is 0 Å². The average Bonchev–Trinajstić information content (AvgIpc) is 2.54. The van der Waals surface area contributed by atoms with Crippen molar-refractivity contribution in [2.24, 2.45) is 0 Å². The van der Waals surface area contributed by atoms with Gasteiger partial charge in [0.25, 0.3) is 0 Å². The molecule has 7 heteroatoms. The van der Waals surface area contributed by atoms with E-state index in [-0.39, 0.29) is 5.91 Å². The van der Waals surface area contributed by atoms with Crippen molar-refractivity contribution in [1.29, 1.82) is 0 Å². The number of benzene rings is 1. The van der Waals surface area contributed by atoms with Crippen molar-refractivity contribution in [1.82, 2.24) is 10.6 Å². The lowest BCUT2D eigenvalue weighted by Gasteiger charge is -2.34. The fraction of sp³-hybridized carbons (Fsp3) is 0.562. The zero-order valence-corrected chi connectivity index (χ0v) is 14.4. The molecular weight excluding hydrogens is 316 g/mol. The maximum atomic E-state index is 12.5. The molecule has 6 nitrogen and oxygen atoms in total. The Bertz CT molecular complexity index is 652. The number of carbonyl (C=O) groups is 1. The second kappa shape index (κ2) is 7.31. The van der Waals surface area contributed by atoms with Gasteiger partial charge in [-0.2, -0.15) is 0 Å². The van der Waals surface area contributed by atoms with Gasteiger partial charge in [-0.25, -0.2) is 8.42 Å². The first-order valence-corrected chi connectivity index (χ1v) is 9.60. The summed E-state index contributed by atoms with van der Waals surface area (Å²) in [7, 11) is -1.86. The number of methoxy groups -OCH3 is 1.